The summed E-state index contributed by atoms with van der Waals surface area (Å²) in [4.78, 5) is 37.1. The predicted octanol–water partition coefficient (Wildman–Crippen LogP) is 14.8. The molecule has 0 fully saturated rings. The third kappa shape index (κ3) is 49.9. The van der Waals surface area contributed by atoms with E-state index in [2.05, 4.69) is 26.0 Å². The first-order valence-corrected chi connectivity index (χ1v) is 28.3. The molecule has 9 nitrogen and oxygen atoms in total. The summed E-state index contributed by atoms with van der Waals surface area (Å²) in [5.41, 5.74) is 0. The number of rotatable bonds is 53. The van der Waals surface area contributed by atoms with E-state index < -0.39 is 24.3 Å². The van der Waals surface area contributed by atoms with E-state index >= 15 is 0 Å². The van der Waals surface area contributed by atoms with Crippen LogP contribution in [-0.2, 0) is 33.3 Å². The zero-order valence-electron chi connectivity index (χ0n) is 44.3. The monoisotopic (exact) mass is 936 g/mol. The lowest BCUT2D eigenvalue weighted by Gasteiger charge is -2.26. The number of hydrogen-bond donors (Lipinski definition) is 0. The summed E-state index contributed by atoms with van der Waals surface area (Å²) in [6, 6.07) is 0. The first kappa shape index (κ1) is 64.0. The van der Waals surface area contributed by atoms with Crippen LogP contribution in [0.15, 0.2) is 12.2 Å². The maximum Gasteiger partial charge on any atom is 0.306 e. The van der Waals surface area contributed by atoms with Crippen molar-refractivity contribution in [1.29, 1.82) is 0 Å². The number of carbonyl (C=O) groups is 3. The average molecular weight is 936 g/mol. The fourth-order valence-electron chi connectivity index (χ4n) is 8.36. The Balaban J connectivity index is 4.05. The minimum absolute atomic E-state index is 0.149. The number of quaternary nitrogens is 1. The summed E-state index contributed by atoms with van der Waals surface area (Å²) < 4.78 is 22.6. The summed E-state index contributed by atoms with van der Waals surface area (Å²) in [6.45, 7) is 4.75. The molecule has 2 unspecified atom stereocenters. The molecule has 0 aliphatic carbocycles. The first-order valence-electron chi connectivity index (χ1n) is 28.3. The molecule has 0 saturated heterocycles. The van der Waals surface area contributed by atoms with Crippen LogP contribution in [0.1, 0.15) is 277 Å². The normalized spacial score (nSPS) is 12.8. The second-order valence-electron chi connectivity index (χ2n) is 20.6. The average Bonchev–Trinajstić information content (AvgIpc) is 3.28. The highest BCUT2D eigenvalue weighted by molar-refractivity contribution is 5.70. The van der Waals surface area contributed by atoms with Crippen LogP contribution < -0.4 is 5.11 Å². The predicted molar refractivity (Wildman–Crippen MR) is 274 cm³/mol. The van der Waals surface area contributed by atoms with Gasteiger partial charge in [-0.15, -0.1) is 0 Å². The van der Waals surface area contributed by atoms with Crippen LogP contribution in [0, 0.1) is 0 Å². The summed E-state index contributed by atoms with van der Waals surface area (Å²) in [5.74, 6) is -2.28. The Labute approximate surface area is 408 Å². The first-order chi connectivity index (χ1) is 32.1. The van der Waals surface area contributed by atoms with Crippen LogP contribution in [0.4, 0.5) is 0 Å². The molecule has 390 valence electrons. The number of hydrogen-bond acceptors (Lipinski definition) is 8. The Bertz CT molecular complexity index is 1090. The number of unbranched alkanes of at least 4 members (excludes halogenated alkanes) is 36. The van der Waals surface area contributed by atoms with Gasteiger partial charge in [0.1, 0.15) is 13.2 Å². The molecule has 0 radical (unpaired) electrons. The SMILES string of the molecule is CCCCC/C=C\CCCCCCCC(=O)OC(COC(=O)CCCCCCCCCCCCCCCCCCCCCCCCCCCCCCC)COC(OCC[N+](C)(C)C)C(=O)[O-]. The van der Waals surface area contributed by atoms with Crippen LogP contribution in [0.3, 0.4) is 0 Å². The Hall–Kier alpha value is -1.97. The molecule has 0 aromatic rings. The summed E-state index contributed by atoms with van der Waals surface area (Å²) in [5, 5.41) is 11.7. The molecule has 0 spiro atoms. The minimum Gasteiger partial charge on any atom is -0.545 e. The van der Waals surface area contributed by atoms with Crippen molar-refractivity contribution >= 4 is 17.9 Å². The Kier molecular flexibility index (Phi) is 48.0. The minimum atomic E-state index is -1.62. The van der Waals surface area contributed by atoms with Gasteiger partial charge in [-0.3, -0.25) is 9.59 Å². The van der Waals surface area contributed by atoms with Gasteiger partial charge in [0, 0.05) is 12.8 Å². The van der Waals surface area contributed by atoms with E-state index in [1.165, 1.54) is 193 Å². The van der Waals surface area contributed by atoms with Crippen molar-refractivity contribution in [3.8, 4) is 0 Å². The molecule has 0 bridgehead atoms. The molecule has 0 N–H and O–H groups in total. The molecule has 2 atom stereocenters. The van der Waals surface area contributed by atoms with Crippen LogP contribution in [0.25, 0.3) is 0 Å². The molecule has 0 saturated carbocycles. The molecule has 9 heteroatoms. The number of aliphatic carboxylic acids is 1. The molecule has 0 amide bonds. The maximum absolute atomic E-state index is 12.8. The largest absolute Gasteiger partial charge is 0.545 e. The third-order valence-corrected chi connectivity index (χ3v) is 12.8. The van der Waals surface area contributed by atoms with Crippen molar-refractivity contribution in [2.24, 2.45) is 0 Å². The highest BCUT2D eigenvalue weighted by Gasteiger charge is 2.22. The van der Waals surface area contributed by atoms with Crippen molar-refractivity contribution < 1.29 is 42.9 Å². The number of carboxylic acid groups (broad SMARTS) is 1. The van der Waals surface area contributed by atoms with Crippen molar-refractivity contribution in [2.45, 2.75) is 289 Å². The Morgan fingerprint density at radius 3 is 1.15 bits per heavy atom. The molecule has 0 aromatic heterocycles. The van der Waals surface area contributed by atoms with Gasteiger partial charge in [-0.25, -0.2) is 0 Å². The summed E-state index contributed by atoms with van der Waals surface area (Å²) >= 11 is 0. The quantitative estimate of drug-likeness (QED) is 0.0195. The fourth-order valence-corrected chi connectivity index (χ4v) is 8.36. The topological polar surface area (TPSA) is 111 Å². The van der Waals surface area contributed by atoms with E-state index in [1.54, 1.807) is 0 Å². The lowest BCUT2D eigenvalue weighted by atomic mass is 10.0. The van der Waals surface area contributed by atoms with Gasteiger partial charge in [-0.05, 0) is 38.5 Å². The summed E-state index contributed by atoms with van der Waals surface area (Å²) in [7, 11) is 5.92. The van der Waals surface area contributed by atoms with Crippen LogP contribution >= 0.6 is 0 Å². The van der Waals surface area contributed by atoms with E-state index in [0.717, 1.165) is 51.4 Å². The van der Waals surface area contributed by atoms with E-state index in [-0.39, 0.29) is 32.2 Å². The molecular formula is C57H109NO8. The van der Waals surface area contributed by atoms with Crippen molar-refractivity contribution in [3.63, 3.8) is 0 Å². The van der Waals surface area contributed by atoms with Crippen LogP contribution in [-0.4, -0.2) is 82.3 Å². The number of allylic oxidation sites excluding steroid dienone is 2. The number of likely N-dealkylation sites (N-methyl/N-ethyl adjacent to an activating group) is 1. The van der Waals surface area contributed by atoms with Gasteiger partial charge < -0.3 is 33.3 Å². The molecule has 0 aliphatic heterocycles. The van der Waals surface area contributed by atoms with Gasteiger partial charge >= 0.3 is 11.9 Å². The van der Waals surface area contributed by atoms with Crippen molar-refractivity contribution in [1.82, 2.24) is 0 Å². The number of nitrogens with zero attached hydrogens (tertiary/aromatic N) is 1. The number of esters is 2. The Morgan fingerprint density at radius 1 is 0.439 bits per heavy atom. The van der Waals surface area contributed by atoms with E-state index in [9.17, 15) is 19.5 Å². The van der Waals surface area contributed by atoms with Gasteiger partial charge in [0.2, 0.25) is 0 Å². The Morgan fingerprint density at radius 2 is 0.773 bits per heavy atom. The summed E-state index contributed by atoms with van der Waals surface area (Å²) in [6.07, 6.45) is 52.8. The number of carboxylic acids is 1. The van der Waals surface area contributed by atoms with Crippen LogP contribution in [0.2, 0.25) is 0 Å². The van der Waals surface area contributed by atoms with Gasteiger partial charge in [-0.1, -0.05) is 238 Å². The van der Waals surface area contributed by atoms with Gasteiger partial charge in [-0.2, -0.15) is 0 Å². The highest BCUT2D eigenvalue weighted by atomic mass is 16.7. The smallest absolute Gasteiger partial charge is 0.306 e. The van der Waals surface area contributed by atoms with Gasteiger partial charge in [0.25, 0.3) is 0 Å². The second-order valence-corrected chi connectivity index (χ2v) is 20.6. The van der Waals surface area contributed by atoms with Crippen molar-refractivity contribution in [3.05, 3.63) is 12.2 Å². The fraction of sp³-hybridized carbons (Fsp3) is 0.912. The highest BCUT2D eigenvalue weighted by Crippen LogP contribution is 2.17. The van der Waals surface area contributed by atoms with Gasteiger partial charge in [0.05, 0.1) is 40.3 Å². The molecule has 0 aromatic carbocycles. The molecule has 0 rings (SSSR count). The molecule has 0 aliphatic rings. The lowest BCUT2D eigenvalue weighted by Crippen LogP contribution is -2.44. The van der Waals surface area contributed by atoms with E-state index in [4.69, 9.17) is 18.9 Å². The standard InChI is InChI=1S/C57H109NO8/c1-6-8-10-12-14-16-18-20-21-22-23-24-25-26-27-28-29-30-31-32-33-34-35-36-38-39-41-43-45-47-54(59)64-51-53(52-65-57(56(61)62)63-50-49-58(3,4)5)66-55(60)48-46-44-42-40-37-19-17-15-13-11-9-7-2/h15,17,53,57H,6-14,16,18-52H2,1-5H3/b17-15-. The molecular weight excluding hydrogens is 827 g/mol. The number of ether oxygens (including phenoxy) is 4. The maximum atomic E-state index is 12.8. The number of carbonyl (C=O) groups excluding carboxylic acids is 3. The lowest BCUT2D eigenvalue weighted by molar-refractivity contribution is -0.870. The molecule has 0 heterocycles. The second kappa shape index (κ2) is 49.5. The zero-order valence-corrected chi connectivity index (χ0v) is 44.3. The molecule has 66 heavy (non-hydrogen) atoms. The van der Waals surface area contributed by atoms with Gasteiger partial charge in [0.15, 0.2) is 12.4 Å². The zero-order chi connectivity index (χ0) is 48.4. The van der Waals surface area contributed by atoms with Crippen molar-refractivity contribution in [2.75, 3.05) is 47.5 Å². The van der Waals surface area contributed by atoms with E-state index in [1.807, 2.05) is 21.1 Å². The van der Waals surface area contributed by atoms with E-state index in [0.29, 0.717) is 23.9 Å². The van der Waals surface area contributed by atoms with Crippen LogP contribution in [0.5, 0.6) is 0 Å². The third-order valence-electron chi connectivity index (χ3n) is 12.8.